The second-order valence-electron chi connectivity index (χ2n) is 9.69. The molecule has 1 aliphatic rings. The monoisotopic (exact) mass is 649 g/mol. The van der Waals surface area contributed by atoms with Crippen LogP contribution in [-0.4, -0.2) is 43.7 Å². The Morgan fingerprint density at radius 2 is 1.26 bits per heavy atom. The van der Waals surface area contributed by atoms with Gasteiger partial charge < -0.3 is 0 Å². The fourth-order valence-electron chi connectivity index (χ4n) is 4.95. The second kappa shape index (κ2) is 11.4. The van der Waals surface area contributed by atoms with Crippen LogP contribution in [0.5, 0.6) is 5.75 Å². The number of nitrogens with one attached hydrogen (secondary N) is 1. The van der Waals surface area contributed by atoms with E-state index in [0.29, 0.717) is 18.5 Å². The predicted octanol–water partition coefficient (Wildman–Crippen LogP) is 4.78. The van der Waals surface area contributed by atoms with Gasteiger partial charge in [-0.2, -0.15) is 0 Å². The van der Waals surface area contributed by atoms with Gasteiger partial charge >= 0.3 is 244 Å². The number of hydrogen-bond acceptors (Lipinski definition) is 6. The quantitative estimate of drug-likeness (QED) is 0.213. The molecule has 8 heteroatoms. The number of hydrogen-bond donors (Lipinski definition) is 2. The van der Waals surface area contributed by atoms with Gasteiger partial charge in [-0.15, -0.1) is 0 Å². The van der Waals surface area contributed by atoms with Crippen molar-refractivity contribution in [1.82, 2.24) is 10.2 Å². The molecular weight excluding hydrogens is 616 g/mol. The molecule has 4 aromatic carbocycles. The van der Waals surface area contributed by atoms with Gasteiger partial charge in [0.2, 0.25) is 0 Å². The molecular formula is C31H33IN5OP. The normalized spacial score (nSPS) is 16.2. The van der Waals surface area contributed by atoms with E-state index in [1.807, 2.05) is 43.3 Å². The van der Waals surface area contributed by atoms with Crippen molar-refractivity contribution >= 4 is 54.1 Å². The summed E-state index contributed by atoms with van der Waals surface area (Å²) in [6, 6.07) is 40.7. The maximum atomic E-state index is 6.42. The molecule has 1 heterocycles. The van der Waals surface area contributed by atoms with E-state index in [1.54, 1.807) is 0 Å². The molecule has 1 aliphatic heterocycles. The van der Waals surface area contributed by atoms with Gasteiger partial charge in [0.05, 0.1) is 0 Å². The summed E-state index contributed by atoms with van der Waals surface area (Å²) in [7, 11) is 3.84. The van der Waals surface area contributed by atoms with Crippen LogP contribution in [0.1, 0.15) is 11.7 Å². The average Bonchev–Trinajstić information content (AvgIpc) is 2.98. The van der Waals surface area contributed by atoms with E-state index in [9.17, 15) is 0 Å². The molecule has 0 aliphatic carbocycles. The Bertz CT molecular complexity index is 1360. The Hall–Kier alpha value is -3.42. The first kappa shape index (κ1) is 27.2. The average molecular weight is 650 g/mol. The Balaban J connectivity index is 1.44. The van der Waals surface area contributed by atoms with E-state index < -0.39 is 4.25 Å². The van der Waals surface area contributed by atoms with E-state index in [1.165, 1.54) is 15.9 Å². The molecule has 0 aromatic heterocycles. The number of rotatable bonds is 8. The molecule has 0 fully saturated rings. The molecule has 5 rings (SSSR count). The van der Waals surface area contributed by atoms with Crippen molar-refractivity contribution in [3.8, 4) is 5.75 Å². The minimum absolute atomic E-state index is 0.357. The summed E-state index contributed by atoms with van der Waals surface area (Å²) in [5, 5.41) is 7.03. The van der Waals surface area contributed by atoms with Gasteiger partial charge in [-0.3, -0.25) is 0 Å². The van der Waals surface area contributed by atoms with Crippen molar-refractivity contribution in [1.29, 1.82) is 0 Å². The molecule has 1 atom stereocenters. The third-order valence-corrected chi connectivity index (χ3v) is 18.6. The summed E-state index contributed by atoms with van der Waals surface area (Å²) in [5.41, 5.74) is 6.95. The van der Waals surface area contributed by atoms with Crippen LogP contribution in [0.25, 0.3) is 0 Å². The van der Waals surface area contributed by atoms with E-state index >= 15 is 0 Å². The fourth-order valence-corrected chi connectivity index (χ4v) is 12.9. The molecule has 4 aromatic rings. The zero-order valence-electron chi connectivity index (χ0n) is 22.1. The van der Waals surface area contributed by atoms with Crippen molar-refractivity contribution in [2.24, 2.45) is 15.7 Å². The second-order valence-corrected chi connectivity index (χ2v) is 20.4. The first-order valence-corrected chi connectivity index (χ1v) is 18.1. The molecule has 0 bridgehead atoms. The van der Waals surface area contributed by atoms with Gasteiger partial charge in [0, 0.05) is 0 Å². The fraction of sp³-hybridized carbons (Fsp3) is 0.161. The first-order chi connectivity index (χ1) is 18.9. The van der Waals surface area contributed by atoms with Crippen molar-refractivity contribution in [3.63, 3.8) is 0 Å². The summed E-state index contributed by atoms with van der Waals surface area (Å²) >= 11 is 2.79. The van der Waals surface area contributed by atoms with Crippen LogP contribution in [-0.2, 0) is 0 Å². The standard InChI is InChI=1S/C31H33IN5OP/c1-37(2)31-35-29(34-30(33)36-31)24-18-20-25(21-19-24)38-22-23-39(32,26-12-6-3-7-13-26,27-14-8-4-9-15-27)28-16-10-5-11-17-28/h3-21,29H,22-23H2,1-2H3,(H3,33,34,35,36). The van der Waals surface area contributed by atoms with Gasteiger partial charge in [0.25, 0.3) is 0 Å². The Labute approximate surface area is 243 Å². The van der Waals surface area contributed by atoms with Crippen LogP contribution < -0.4 is 31.7 Å². The molecule has 0 amide bonds. The summed E-state index contributed by atoms with van der Waals surface area (Å²) in [6.07, 6.45) is 0.474. The molecule has 0 radical (unpaired) electrons. The number of halogens is 1. The topological polar surface area (TPSA) is 75.2 Å². The van der Waals surface area contributed by atoms with Crippen molar-refractivity contribution in [2.75, 3.05) is 26.9 Å². The van der Waals surface area contributed by atoms with E-state index in [4.69, 9.17) is 10.5 Å². The molecule has 0 saturated carbocycles. The number of guanidine groups is 2. The Kier molecular flexibility index (Phi) is 7.91. The molecule has 200 valence electrons. The summed E-state index contributed by atoms with van der Waals surface area (Å²) in [4.78, 5) is 11.0. The van der Waals surface area contributed by atoms with Gasteiger partial charge in [0.15, 0.2) is 0 Å². The van der Waals surface area contributed by atoms with E-state index in [2.05, 4.69) is 128 Å². The number of benzene rings is 4. The van der Waals surface area contributed by atoms with Crippen LogP contribution in [0.4, 0.5) is 0 Å². The van der Waals surface area contributed by atoms with Gasteiger partial charge in [-0.25, -0.2) is 0 Å². The van der Waals surface area contributed by atoms with E-state index in [0.717, 1.165) is 17.5 Å². The molecule has 0 spiro atoms. The van der Waals surface area contributed by atoms with E-state index in [-0.39, 0.29) is 6.17 Å². The van der Waals surface area contributed by atoms with Gasteiger partial charge in [-0.1, -0.05) is 0 Å². The number of ether oxygens (including phenoxy) is 1. The zero-order valence-corrected chi connectivity index (χ0v) is 25.2. The molecule has 0 saturated heterocycles. The Morgan fingerprint density at radius 1 is 0.769 bits per heavy atom. The van der Waals surface area contributed by atoms with Crippen LogP contribution in [0, 0.1) is 0 Å². The van der Waals surface area contributed by atoms with Crippen molar-refractivity contribution in [2.45, 2.75) is 6.17 Å². The van der Waals surface area contributed by atoms with Gasteiger partial charge in [-0.05, 0) is 0 Å². The third-order valence-electron chi connectivity index (χ3n) is 7.01. The summed E-state index contributed by atoms with van der Waals surface area (Å²) < 4.78 is 3.55. The predicted molar refractivity (Wildman–Crippen MR) is 175 cm³/mol. The maximum absolute atomic E-state index is 6.42. The number of nitrogens with two attached hydrogens (primary N) is 1. The summed E-state index contributed by atoms with van der Waals surface area (Å²) in [6.45, 7) is 0.570. The van der Waals surface area contributed by atoms with Crippen LogP contribution >= 0.6 is 26.3 Å². The van der Waals surface area contributed by atoms with Gasteiger partial charge in [0.1, 0.15) is 0 Å². The Morgan fingerprint density at radius 3 is 1.72 bits per heavy atom. The minimum atomic E-state index is -2.87. The first-order valence-electron chi connectivity index (χ1n) is 12.9. The SMILES string of the molecule is CN(C)C1=NC(c2ccc(OCCP(I)(c3ccccc3)(c3ccccc3)c3ccccc3)cc2)N=C(N)N1. The third kappa shape index (κ3) is 5.38. The van der Waals surface area contributed by atoms with Crippen LogP contribution in [0.3, 0.4) is 0 Å². The zero-order chi connectivity index (χ0) is 27.3. The number of nitrogens with zero attached hydrogens (tertiary/aromatic N) is 3. The molecule has 1 unspecified atom stereocenters. The molecule has 6 nitrogen and oxygen atoms in total. The summed E-state index contributed by atoms with van der Waals surface area (Å²) in [5.74, 6) is 1.86. The molecule has 39 heavy (non-hydrogen) atoms. The van der Waals surface area contributed by atoms with Crippen molar-refractivity contribution in [3.05, 3.63) is 121 Å². The van der Waals surface area contributed by atoms with Crippen LogP contribution in [0.15, 0.2) is 125 Å². The van der Waals surface area contributed by atoms with Crippen molar-refractivity contribution < 1.29 is 4.74 Å². The number of aliphatic imine (C=N–C) groups is 2. The molecule has 3 N–H and O–H groups in total. The van der Waals surface area contributed by atoms with Crippen LogP contribution in [0.2, 0.25) is 0 Å².